The molecule has 1 aliphatic heterocycles. The van der Waals surface area contributed by atoms with Gasteiger partial charge in [0, 0.05) is 25.4 Å². The number of aryl methyl sites for hydroxylation is 3. The third kappa shape index (κ3) is 3.71. The van der Waals surface area contributed by atoms with Gasteiger partial charge in [0.05, 0.1) is 29.4 Å². The van der Waals surface area contributed by atoms with Gasteiger partial charge in [-0.25, -0.2) is 0 Å². The van der Waals surface area contributed by atoms with Crippen molar-refractivity contribution in [3.05, 3.63) is 58.5 Å². The van der Waals surface area contributed by atoms with Gasteiger partial charge in [-0.3, -0.25) is 9.48 Å². The van der Waals surface area contributed by atoms with E-state index in [-0.39, 0.29) is 11.9 Å². The molecule has 0 spiro atoms. The Hall–Kier alpha value is -2.89. The van der Waals surface area contributed by atoms with Gasteiger partial charge in [-0.2, -0.15) is 5.10 Å². The van der Waals surface area contributed by atoms with Crippen LogP contribution in [0.4, 0.5) is 0 Å². The largest absolute Gasteiger partial charge is 0.356 e. The molecule has 0 radical (unpaired) electrons. The molecule has 1 amide bonds. The number of hydrogen-bond donors (Lipinski definition) is 0. The minimum absolute atomic E-state index is 0.0405. The molecule has 0 N–H and O–H groups in total. The standard InChI is InChI=1S/C23H28N4O2/c1-15-9-5-6-10-18(15)13-21(28)27-12-8-7-11-20(27)22-19(14-26(4)24-22)23-16(2)17(3)25-29-23/h5-6,9-10,14,20H,7-8,11-13H2,1-4H3. The van der Waals surface area contributed by atoms with E-state index in [4.69, 9.17) is 9.62 Å². The van der Waals surface area contributed by atoms with Gasteiger partial charge in [-0.05, 0) is 51.2 Å². The Morgan fingerprint density at radius 2 is 2.00 bits per heavy atom. The fourth-order valence-electron chi connectivity index (χ4n) is 4.18. The van der Waals surface area contributed by atoms with Crippen molar-refractivity contribution in [3.8, 4) is 11.3 Å². The van der Waals surface area contributed by atoms with E-state index >= 15 is 0 Å². The van der Waals surface area contributed by atoms with Crippen molar-refractivity contribution in [1.82, 2.24) is 19.8 Å². The van der Waals surface area contributed by atoms with Crippen molar-refractivity contribution in [2.75, 3.05) is 6.54 Å². The molecule has 0 aliphatic carbocycles. The Labute approximate surface area is 171 Å². The second-order valence-electron chi connectivity index (χ2n) is 8.03. The predicted octanol–water partition coefficient (Wildman–Crippen LogP) is 4.30. The smallest absolute Gasteiger partial charge is 0.227 e. The van der Waals surface area contributed by atoms with Crippen LogP contribution < -0.4 is 0 Å². The van der Waals surface area contributed by atoms with Crippen LogP contribution in [0.15, 0.2) is 35.0 Å². The molecule has 0 bridgehead atoms. The first-order valence-corrected chi connectivity index (χ1v) is 10.3. The highest BCUT2D eigenvalue weighted by atomic mass is 16.5. The van der Waals surface area contributed by atoms with Crippen LogP contribution in [-0.4, -0.2) is 32.3 Å². The number of likely N-dealkylation sites (tertiary alicyclic amines) is 1. The highest BCUT2D eigenvalue weighted by molar-refractivity contribution is 5.80. The molecule has 29 heavy (non-hydrogen) atoms. The lowest BCUT2D eigenvalue weighted by atomic mass is 9.94. The first kappa shape index (κ1) is 19.4. The van der Waals surface area contributed by atoms with Crippen molar-refractivity contribution in [1.29, 1.82) is 0 Å². The minimum Gasteiger partial charge on any atom is -0.356 e. The summed E-state index contributed by atoms with van der Waals surface area (Å²) in [6, 6.07) is 8.06. The lowest BCUT2D eigenvalue weighted by Crippen LogP contribution is -2.39. The molecule has 2 aromatic heterocycles. The van der Waals surface area contributed by atoms with Gasteiger partial charge >= 0.3 is 0 Å². The number of piperidine rings is 1. The number of amides is 1. The third-order valence-electron chi connectivity index (χ3n) is 6.00. The van der Waals surface area contributed by atoms with Gasteiger partial charge in [0.2, 0.25) is 5.91 Å². The Kier molecular flexibility index (Phi) is 5.26. The van der Waals surface area contributed by atoms with Gasteiger partial charge in [0.25, 0.3) is 0 Å². The number of carbonyl (C=O) groups is 1. The van der Waals surface area contributed by atoms with E-state index in [1.807, 2.05) is 50.2 Å². The molecule has 1 aromatic carbocycles. The van der Waals surface area contributed by atoms with Crippen LogP contribution in [0.5, 0.6) is 0 Å². The molecule has 0 saturated carbocycles. The molecule has 1 aliphatic rings. The summed E-state index contributed by atoms with van der Waals surface area (Å²) >= 11 is 0. The second-order valence-corrected chi connectivity index (χ2v) is 8.03. The molecule has 3 aromatic rings. The van der Waals surface area contributed by atoms with Crippen LogP contribution >= 0.6 is 0 Å². The maximum absolute atomic E-state index is 13.3. The fraction of sp³-hybridized carbons (Fsp3) is 0.435. The summed E-state index contributed by atoms with van der Waals surface area (Å²) in [4.78, 5) is 15.3. The zero-order valence-corrected chi connectivity index (χ0v) is 17.6. The number of rotatable bonds is 4. The quantitative estimate of drug-likeness (QED) is 0.664. The average molecular weight is 393 g/mol. The first-order chi connectivity index (χ1) is 14.0. The third-order valence-corrected chi connectivity index (χ3v) is 6.00. The summed E-state index contributed by atoms with van der Waals surface area (Å²) in [7, 11) is 1.91. The van der Waals surface area contributed by atoms with Crippen molar-refractivity contribution >= 4 is 5.91 Å². The maximum Gasteiger partial charge on any atom is 0.227 e. The minimum atomic E-state index is -0.0405. The number of nitrogens with zero attached hydrogens (tertiary/aromatic N) is 4. The van der Waals surface area contributed by atoms with Crippen LogP contribution in [-0.2, 0) is 18.3 Å². The van der Waals surface area contributed by atoms with Crippen LogP contribution in [0.3, 0.4) is 0 Å². The zero-order valence-electron chi connectivity index (χ0n) is 17.6. The molecule has 3 heterocycles. The van der Waals surface area contributed by atoms with Crippen LogP contribution in [0, 0.1) is 20.8 Å². The van der Waals surface area contributed by atoms with Crippen LogP contribution in [0.1, 0.15) is 53.4 Å². The first-order valence-electron chi connectivity index (χ1n) is 10.3. The summed E-state index contributed by atoms with van der Waals surface area (Å²) in [5, 5.41) is 8.87. The fourth-order valence-corrected chi connectivity index (χ4v) is 4.18. The van der Waals surface area contributed by atoms with Crippen LogP contribution in [0.2, 0.25) is 0 Å². The van der Waals surface area contributed by atoms with Gasteiger partial charge < -0.3 is 9.42 Å². The Morgan fingerprint density at radius 3 is 2.72 bits per heavy atom. The molecule has 4 rings (SSSR count). The monoisotopic (exact) mass is 392 g/mol. The zero-order chi connectivity index (χ0) is 20.5. The highest BCUT2D eigenvalue weighted by Crippen LogP contribution is 2.38. The Balaban J connectivity index is 1.67. The topological polar surface area (TPSA) is 64.2 Å². The molecule has 152 valence electrons. The van der Waals surface area contributed by atoms with Gasteiger partial charge in [0.1, 0.15) is 0 Å². The number of hydrogen-bond acceptors (Lipinski definition) is 4. The number of aromatic nitrogens is 3. The molecule has 6 heteroatoms. The summed E-state index contributed by atoms with van der Waals surface area (Å²) in [5.74, 6) is 0.911. The lowest BCUT2D eigenvalue weighted by molar-refractivity contribution is -0.134. The van der Waals surface area contributed by atoms with Gasteiger partial charge in [0.15, 0.2) is 5.76 Å². The van der Waals surface area contributed by atoms with Crippen molar-refractivity contribution < 1.29 is 9.32 Å². The average Bonchev–Trinajstić information content (AvgIpc) is 3.25. The van der Waals surface area contributed by atoms with Crippen LogP contribution in [0.25, 0.3) is 11.3 Å². The van der Waals surface area contributed by atoms with E-state index in [2.05, 4.69) is 18.1 Å². The molecule has 1 fully saturated rings. The Bertz CT molecular complexity index is 1030. The summed E-state index contributed by atoms with van der Waals surface area (Å²) in [5.41, 5.74) is 5.99. The van der Waals surface area contributed by atoms with E-state index in [0.29, 0.717) is 6.42 Å². The molecular formula is C23H28N4O2. The van der Waals surface area contributed by atoms with E-state index < -0.39 is 0 Å². The number of carbonyl (C=O) groups excluding carboxylic acids is 1. The van der Waals surface area contributed by atoms with Crippen molar-refractivity contribution in [3.63, 3.8) is 0 Å². The molecule has 1 saturated heterocycles. The summed E-state index contributed by atoms with van der Waals surface area (Å²) in [6.07, 6.45) is 5.42. The van der Waals surface area contributed by atoms with Gasteiger partial charge in [-0.15, -0.1) is 0 Å². The van der Waals surface area contributed by atoms with Crippen molar-refractivity contribution in [2.45, 2.75) is 52.5 Å². The summed E-state index contributed by atoms with van der Waals surface area (Å²) < 4.78 is 7.43. The second kappa shape index (κ2) is 7.85. The van der Waals surface area contributed by atoms with E-state index in [1.54, 1.807) is 4.68 Å². The van der Waals surface area contributed by atoms with E-state index in [0.717, 1.165) is 65.2 Å². The number of benzene rings is 1. The van der Waals surface area contributed by atoms with E-state index in [9.17, 15) is 4.79 Å². The molecule has 6 nitrogen and oxygen atoms in total. The molecule has 1 unspecified atom stereocenters. The lowest BCUT2D eigenvalue weighted by Gasteiger charge is -2.35. The molecular weight excluding hydrogens is 364 g/mol. The van der Waals surface area contributed by atoms with Gasteiger partial charge in [-0.1, -0.05) is 29.4 Å². The highest BCUT2D eigenvalue weighted by Gasteiger charge is 2.33. The predicted molar refractivity (Wildman–Crippen MR) is 111 cm³/mol. The summed E-state index contributed by atoms with van der Waals surface area (Å²) in [6.45, 7) is 6.78. The van der Waals surface area contributed by atoms with E-state index in [1.165, 1.54) is 0 Å². The Morgan fingerprint density at radius 1 is 1.21 bits per heavy atom. The normalized spacial score (nSPS) is 17.0. The SMILES string of the molecule is Cc1ccccc1CC(=O)N1CCCCC1c1nn(C)cc1-c1onc(C)c1C. The molecule has 1 atom stereocenters. The van der Waals surface area contributed by atoms with Crippen molar-refractivity contribution in [2.24, 2.45) is 7.05 Å². The maximum atomic E-state index is 13.3.